The van der Waals surface area contributed by atoms with Crippen molar-refractivity contribution < 1.29 is 6.51 Å². The zero-order valence-corrected chi connectivity index (χ0v) is 14.3. The van der Waals surface area contributed by atoms with Crippen LogP contribution >= 0.6 is 58.2 Å². The van der Waals surface area contributed by atoms with Crippen molar-refractivity contribution in [2.45, 2.75) is 46.6 Å². The molecule has 94 valence electrons. The van der Waals surface area contributed by atoms with E-state index in [1.54, 1.807) is 0 Å². The van der Waals surface area contributed by atoms with Gasteiger partial charge in [0.15, 0.2) is 0 Å². The SMILES string of the molecule is ClP(Cl)[C]12[CH]3[CH]4[CH]5[C]1(P(Cl)Cl)[Fe]43521678[CH]2[CH]1[CH]6[CH]7[CH]28. The predicted molar refractivity (Wildman–Crippen MR) is 72.7 cm³/mol. The minimum atomic E-state index is -3.37. The van der Waals surface area contributed by atoms with Crippen LogP contribution in [0, 0.1) is 0 Å². The summed E-state index contributed by atoms with van der Waals surface area (Å²) in [5, 5.41) is 0. The van der Waals surface area contributed by atoms with E-state index in [1.807, 2.05) is 0 Å². The Labute approximate surface area is 110 Å². The number of fused-ring (bicyclic) bond motifs is 10. The summed E-state index contributed by atoms with van der Waals surface area (Å²) >= 11 is 26.7. The van der Waals surface area contributed by atoms with E-state index in [0.717, 1.165) is 9.63 Å². The molecule has 17 heavy (non-hydrogen) atoms. The van der Waals surface area contributed by atoms with Crippen LogP contribution in [-0.2, 0) is 6.51 Å². The predicted octanol–water partition coefficient (Wildman–Crippen LogP) is 6.77. The second-order valence-corrected chi connectivity index (χ2v) is 41.6. The maximum atomic E-state index is 6.68. The van der Waals surface area contributed by atoms with E-state index in [9.17, 15) is 0 Å². The van der Waals surface area contributed by atoms with Crippen LogP contribution in [0.3, 0.4) is 0 Å². The van der Waals surface area contributed by atoms with Crippen LogP contribution in [0.15, 0.2) is 0 Å². The quantitative estimate of drug-likeness (QED) is 0.362. The molecule has 0 aliphatic carbocycles. The molecule has 10 aliphatic rings. The maximum absolute atomic E-state index is 6.68. The van der Waals surface area contributed by atoms with E-state index < -0.39 is 19.8 Å². The molecule has 10 heterocycles. The van der Waals surface area contributed by atoms with Crippen molar-refractivity contribution in [2.75, 3.05) is 0 Å². The fourth-order valence-electron chi connectivity index (χ4n) is 17.2. The van der Waals surface area contributed by atoms with Gasteiger partial charge in [-0.05, 0) is 0 Å². The molecule has 0 aromatic rings. The molecule has 10 fully saturated rings. The van der Waals surface area contributed by atoms with Crippen molar-refractivity contribution in [3.8, 4) is 0 Å². The topological polar surface area (TPSA) is 0 Å². The number of rotatable bonds is 2. The van der Waals surface area contributed by atoms with Gasteiger partial charge >= 0.3 is 111 Å². The molecule has 0 aromatic heterocycles. The molecule has 0 bridgehead atoms. The molecule has 10 saturated heterocycles. The van der Waals surface area contributed by atoms with Gasteiger partial charge in [0, 0.05) is 0 Å². The minimum absolute atomic E-state index is 0.472. The van der Waals surface area contributed by atoms with Gasteiger partial charge in [0.2, 0.25) is 0 Å². The third kappa shape index (κ3) is 0.0869. The Morgan fingerprint density at radius 2 is 1.00 bits per heavy atom. The van der Waals surface area contributed by atoms with Gasteiger partial charge in [-0.2, -0.15) is 0 Å². The molecule has 0 nitrogen and oxygen atoms in total. The fourth-order valence-corrected chi connectivity index (χ4v) is 135. The van der Waals surface area contributed by atoms with Crippen molar-refractivity contribution in [2.24, 2.45) is 0 Å². The zero-order chi connectivity index (χ0) is 11.1. The number of halogens is 4. The summed E-state index contributed by atoms with van der Waals surface area (Å²) < 4.78 is 0.944. The third-order valence-electron chi connectivity index (χ3n) is 15.2. The summed E-state index contributed by atoms with van der Waals surface area (Å²) in [6, 6.07) is 0. The molecule has 4 unspecified atom stereocenters. The van der Waals surface area contributed by atoms with E-state index in [-0.39, 0.29) is 0 Å². The monoisotopic (exact) mass is 386 g/mol. The van der Waals surface area contributed by atoms with Crippen LogP contribution < -0.4 is 0 Å². The summed E-state index contributed by atoms with van der Waals surface area (Å²) in [6.45, 7) is -4.98. The molecule has 0 N–H and O–H groups in total. The van der Waals surface area contributed by atoms with Gasteiger partial charge in [-0.25, -0.2) is 0 Å². The summed E-state index contributed by atoms with van der Waals surface area (Å²) in [5.41, 5.74) is 0. The fraction of sp³-hybridized carbons (Fsp3) is 1.00. The van der Waals surface area contributed by atoms with Gasteiger partial charge in [0.1, 0.15) is 0 Å². The Kier molecular flexibility index (Phi) is 0.345. The molecular formula is C10H8Cl4FeP2. The van der Waals surface area contributed by atoms with Crippen molar-refractivity contribution in [3.63, 3.8) is 0 Å². The first-order valence-electron chi connectivity index (χ1n) is 6.27. The zero-order valence-electron chi connectivity index (χ0n) is 8.38. The average Bonchev–Trinajstić information content (AvgIpc) is 3.22. The number of hydrogen-bond acceptors (Lipinski definition) is 0. The van der Waals surface area contributed by atoms with Crippen LogP contribution in [-0.4, -0.2) is 8.11 Å². The van der Waals surface area contributed by atoms with Crippen LogP contribution in [0.5, 0.6) is 0 Å². The summed E-state index contributed by atoms with van der Waals surface area (Å²) in [5.74, 6) is 0. The molecule has 1 spiro atoms. The Hall–Kier alpha value is 2.54. The first-order valence-corrected chi connectivity index (χ1v) is 18.8. The number of hydrogen-bond donors (Lipinski definition) is 0. The molecular weight excluding hydrogens is 380 g/mol. The van der Waals surface area contributed by atoms with E-state index in [4.69, 9.17) is 45.0 Å². The molecule has 10 rings (SSSR count). The molecule has 7 heteroatoms. The molecule has 10 aliphatic heterocycles. The second-order valence-electron chi connectivity index (χ2n) is 10.1. The third-order valence-corrected chi connectivity index (χ3v) is 73.3. The van der Waals surface area contributed by atoms with Crippen molar-refractivity contribution in [1.29, 1.82) is 0 Å². The van der Waals surface area contributed by atoms with Crippen molar-refractivity contribution in [3.05, 3.63) is 0 Å². The van der Waals surface area contributed by atoms with E-state index in [1.165, 1.54) is 28.9 Å². The van der Waals surface area contributed by atoms with Gasteiger partial charge in [0.05, 0.1) is 0 Å². The Morgan fingerprint density at radius 3 is 1.12 bits per heavy atom. The summed E-state index contributed by atoms with van der Waals surface area (Å²) in [6.07, 6.45) is 0. The second kappa shape index (κ2) is 0.711. The molecule has 0 radical (unpaired) electrons. The van der Waals surface area contributed by atoms with Crippen molar-refractivity contribution >= 4 is 58.2 Å². The molecule has 0 amide bonds. The summed E-state index contributed by atoms with van der Waals surface area (Å²) in [7, 11) is 0. The normalized spacial score (nSPS) is 124. The van der Waals surface area contributed by atoms with Crippen molar-refractivity contribution in [1.82, 2.24) is 0 Å². The summed E-state index contributed by atoms with van der Waals surface area (Å²) in [4.78, 5) is 9.38. The van der Waals surface area contributed by atoms with Crippen LogP contribution in [0.4, 0.5) is 0 Å². The van der Waals surface area contributed by atoms with E-state index >= 15 is 0 Å². The van der Waals surface area contributed by atoms with Gasteiger partial charge in [0.25, 0.3) is 0 Å². The Balaban J connectivity index is 1.75. The molecule has 0 aromatic carbocycles. The van der Waals surface area contributed by atoms with Gasteiger partial charge in [-0.1, -0.05) is 0 Å². The first-order chi connectivity index (χ1) is 7.82. The molecule has 0 saturated carbocycles. The standard InChI is InChI=1S/C5H3Cl4P2.C5H5.Fe/c6-10(7)4-2-1-3-5(4)11(8)9;1-2-4-5-3-1;/h1-3H;1-5H;. The Bertz CT molecular complexity index is 920. The average molecular weight is 388 g/mol. The molecule has 4 atom stereocenters. The van der Waals surface area contributed by atoms with Gasteiger partial charge in [-0.3, -0.25) is 0 Å². The first kappa shape index (κ1) is 8.25. The van der Waals surface area contributed by atoms with Gasteiger partial charge < -0.3 is 0 Å². The van der Waals surface area contributed by atoms with E-state index in [0.29, 0.717) is 8.11 Å². The van der Waals surface area contributed by atoms with Crippen LogP contribution in [0.1, 0.15) is 0 Å². The van der Waals surface area contributed by atoms with E-state index in [2.05, 4.69) is 0 Å². The Morgan fingerprint density at radius 1 is 0.647 bits per heavy atom. The van der Waals surface area contributed by atoms with Gasteiger partial charge in [-0.15, -0.1) is 0 Å². The van der Waals surface area contributed by atoms with Crippen LogP contribution in [0.2, 0.25) is 38.5 Å². The van der Waals surface area contributed by atoms with Crippen LogP contribution in [0.25, 0.3) is 0 Å².